The molecule has 3 aromatic rings. The zero-order valence-corrected chi connectivity index (χ0v) is 18.1. The van der Waals surface area contributed by atoms with Crippen molar-refractivity contribution in [1.82, 2.24) is 0 Å². The quantitative estimate of drug-likeness (QED) is 0.492. The Kier molecular flexibility index (Phi) is 7.44. The van der Waals surface area contributed by atoms with Crippen molar-refractivity contribution in [2.24, 2.45) is 5.92 Å². The van der Waals surface area contributed by atoms with Crippen LogP contribution in [0.15, 0.2) is 78.9 Å². The smallest absolute Gasteiger partial charge is 0.265 e. The van der Waals surface area contributed by atoms with Gasteiger partial charge in [0, 0.05) is 17.8 Å². The van der Waals surface area contributed by atoms with Gasteiger partial charge in [-0.2, -0.15) is 0 Å². The molecule has 0 saturated carbocycles. The minimum Gasteiger partial charge on any atom is -0.481 e. The highest BCUT2D eigenvalue weighted by molar-refractivity contribution is 5.95. The maximum atomic E-state index is 12.5. The third-order valence-corrected chi connectivity index (χ3v) is 4.67. The molecule has 0 aliphatic carbocycles. The highest BCUT2D eigenvalue weighted by atomic mass is 16.5. The van der Waals surface area contributed by atoms with Crippen LogP contribution in [0, 0.1) is 5.92 Å². The van der Waals surface area contributed by atoms with Crippen LogP contribution >= 0.6 is 0 Å². The summed E-state index contributed by atoms with van der Waals surface area (Å²) in [5, 5.41) is 5.68. The molecule has 2 amide bonds. The first-order chi connectivity index (χ1) is 14.9. The van der Waals surface area contributed by atoms with E-state index < -0.39 is 6.10 Å². The van der Waals surface area contributed by atoms with Gasteiger partial charge >= 0.3 is 0 Å². The Hall–Kier alpha value is -3.60. The van der Waals surface area contributed by atoms with E-state index in [-0.39, 0.29) is 11.8 Å². The molecule has 0 aromatic heterocycles. The lowest BCUT2D eigenvalue weighted by Crippen LogP contribution is -2.30. The van der Waals surface area contributed by atoms with Crippen molar-refractivity contribution in [2.45, 2.75) is 33.3 Å². The van der Waals surface area contributed by atoms with Crippen LogP contribution in [0.2, 0.25) is 0 Å². The molecule has 0 spiro atoms. The Labute approximate surface area is 183 Å². The topological polar surface area (TPSA) is 67.4 Å². The largest absolute Gasteiger partial charge is 0.481 e. The fourth-order valence-corrected chi connectivity index (χ4v) is 3.08. The SMILES string of the molecule is CC(C)CC(=O)Nc1ccc(NC(=O)C(C)Oc2ccc(-c3ccccc3)cc2)cc1. The standard InChI is InChI=1S/C26H28N2O3/c1-18(2)17-25(29)27-22-11-13-23(14-12-22)28-26(30)19(3)31-24-15-9-21(10-16-24)20-7-5-4-6-8-20/h4-16,18-19H,17H2,1-3H3,(H,27,29)(H,28,30). The predicted molar refractivity (Wildman–Crippen MR) is 125 cm³/mol. The van der Waals surface area contributed by atoms with E-state index in [0.717, 1.165) is 11.1 Å². The number of ether oxygens (including phenoxy) is 1. The lowest BCUT2D eigenvalue weighted by Gasteiger charge is -2.15. The van der Waals surface area contributed by atoms with E-state index in [9.17, 15) is 9.59 Å². The summed E-state index contributed by atoms with van der Waals surface area (Å²) in [5.74, 6) is 0.663. The first kappa shape index (κ1) is 22.1. The maximum Gasteiger partial charge on any atom is 0.265 e. The summed E-state index contributed by atoms with van der Waals surface area (Å²) < 4.78 is 5.78. The Morgan fingerprint density at radius 2 is 1.29 bits per heavy atom. The van der Waals surface area contributed by atoms with Gasteiger partial charge in [0.05, 0.1) is 0 Å². The average Bonchev–Trinajstić information content (AvgIpc) is 2.75. The zero-order valence-electron chi connectivity index (χ0n) is 18.1. The van der Waals surface area contributed by atoms with Crippen LogP contribution < -0.4 is 15.4 Å². The van der Waals surface area contributed by atoms with Crippen molar-refractivity contribution in [3.8, 4) is 16.9 Å². The van der Waals surface area contributed by atoms with Crippen LogP contribution in [0.5, 0.6) is 5.75 Å². The maximum absolute atomic E-state index is 12.5. The predicted octanol–water partition coefficient (Wildman–Crippen LogP) is 5.74. The third kappa shape index (κ3) is 6.71. The number of anilines is 2. The van der Waals surface area contributed by atoms with E-state index in [0.29, 0.717) is 29.5 Å². The van der Waals surface area contributed by atoms with Crippen molar-refractivity contribution < 1.29 is 14.3 Å². The number of hydrogen-bond acceptors (Lipinski definition) is 3. The van der Waals surface area contributed by atoms with Gasteiger partial charge in [-0.25, -0.2) is 0 Å². The van der Waals surface area contributed by atoms with Gasteiger partial charge in [0.1, 0.15) is 5.75 Å². The molecule has 0 heterocycles. The molecular formula is C26H28N2O3. The molecule has 0 radical (unpaired) electrons. The lowest BCUT2D eigenvalue weighted by atomic mass is 10.1. The number of carbonyl (C=O) groups is 2. The monoisotopic (exact) mass is 416 g/mol. The van der Waals surface area contributed by atoms with Crippen LogP contribution in [0.4, 0.5) is 11.4 Å². The van der Waals surface area contributed by atoms with Crippen molar-refractivity contribution in [2.75, 3.05) is 10.6 Å². The van der Waals surface area contributed by atoms with E-state index in [4.69, 9.17) is 4.74 Å². The molecular weight excluding hydrogens is 388 g/mol. The van der Waals surface area contributed by atoms with Crippen molar-refractivity contribution in [3.05, 3.63) is 78.9 Å². The molecule has 3 rings (SSSR count). The van der Waals surface area contributed by atoms with Crippen molar-refractivity contribution >= 4 is 23.2 Å². The van der Waals surface area contributed by atoms with Crippen LogP contribution in [0.25, 0.3) is 11.1 Å². The molecule has 31 heavy (non-hydrogen) atoms. The lowest BCUT2D eigenvalue weighted by molar-refractivity contribution is -0.122. The molecule has 0 aliphatic heterocycles. The molecule has 160 valence electrons. The van der Waals surface area contributed by atoms with Gasteiger partial charge in [0.15, 0.2) is 6.10 Å². The molecule has 3 aromatic carbocycles. The number of rotatable bonds is 8. The van der Waals surface area contributed by atoms with E-state index in [1.165, 1.54) is 0 Å². The van der Waals surface area contributed by atoms with Crippen LogP contribution in [0.3, 0.4) is 0 Å². The fourth-order valence-electron chi connectivity index (χ4n) is 3.08. The second kappa shape index (κ2) is 10.4. The number of carbonyl (C=O) groups excluding carboxylic acids is 2. The van der Waals surface area contributed by atoms with Gasteiger partial charge in [-0.15, -0.1) is 0 Å². The van der Waals surface area contributed by atoms with Crippen LogP contribution in [-0.4, -0.2) is 17.9 Å². The number of hydrogen-bond donors (Lipinski definition) is 2. The van der Waals surface area contributed by atoms with E-state index >= 15 is 0 Å². The van der Waals surface area contributed by atoms with Crippen LogP contribution in [0.1, 0.15) is 27.2 Å². The summed E-state index contributed by atoms with van der Waals surface area (Å²) in [7, 11) is 0. The second-order valence-electron chi connectivity index (χ2n) is 7.86. The molecule has 0 fully saturated rings. The molecule has 5 nitrogen and oxygen atoms in total. The number of benzene rings is 3. The summed E-state index contributed by atoms with van der Waals surface area (Å²) in [6.45, 7) is 5.71. The first-order valence-electron chi connectivity index (χ1n) is 10.4. The normalized spacial score (nSPS) is 11.6. The highest BCUT2D eigenvalue weighted by Gasteiger charge is 2.15. The molecule has 2 N–H and O–H groups in total. The molecule has 1 atom stereocenters. The number of nitrogens with one attached hydrogen (secondary N) is 2. The minimum absolute atomic E-state index is 0.0212. The van der Waals surface area contributed by atoms with E-state index in [1.807, 2.05) is 68.4 Å². The Morgan fingerprint density at radius 3 is 1.87 bits per heavy atom. The second-order valence-corrected chi connectivity index (χ2v) is 7.86. The van der Waals surface area contributed by atoms with Crippen molar-refractivity contribution in [3.63, 3.8) is 0 Å². The Balaban J connectivity index is 1.53. The Morgan fingerprint density at radius 1 is 0.742 bits per heavy atom. The molecule has 0 aliphatic rings. The van der Waals surface area contributed by atoms with Gasteiger partial charge < -0.3 is 15.4 Å². The summed E-state index contributed by atoms with van der Waals surface area (Å²) in [6, 6.07) is 24.8. The van der Waals surface area contributed by atoms with Crippen LogP contribution in [-0.2, 0) is 9.59 Å². The first-order valence-corrected chi connectivity index (χ1v) is 10.4. The van der Waals surface area contributed by atoms with Gasteiger partial charge in [0.2, 0.25) is 5.91 Å². The fraction of sp³-hybridized carbons (Fsp3) is 0.231. The summed E-state index contributed by atoms with van der Waals surface area (Å²) >= 11 is 0. The average molecular weight is 417 g/mol. The molecule has 0 bridgehead atoms. The summed E-state index contributed by atoms with van der Waals surface area (Å²) in [5.41, 5.74) is 3.56. The van der Waals surface area contributed by atoms with Gasteiger partial charge in [-0.05, 0) is 60.4 Å². The molecule has 5 heteroatoms. The van der Waals surface area contributed by atoms with E-state index in [2.05, 4.69) is 10.6 Å². The summed E-state index contributed by atoms with van der Waals surface area (Å²) in [4.78, 5) is 24.3. The van der Waals surface area contributed by atoms with Crippen molar-refractivity contribution in [1.29, 1.82) is 0 Å². The van der Waals surface area contributed by atoms with Gasteiger partial charge in [0.25, 0.3) is 5.91 Å². The highest BCUT2D eigenvalue weighted by Crippen LogP contribution is 2.23. The summed E-state index contributed by atoms with van der Waals surface area (Å²) in [6.07, 6.45) is -0.187. The number of amides is 2. The zero-order chi connectivity index (χ0) is 22.2. The minimum atomic E-state index is -0.659. The van der Waals surface area contributed by atoms with Gasteiger partial charge in [-0.1, -0.05) is 56.3 Å². The third-order valence-electron chi connectivity index (χ3n) is 4.67. The molecule has 1 unspecified atom stereocenters. The Bertz CT molecular complexity index is 997. The molecule has 0 saturated heterocycles. The van der Waals surface area contributed by atoms with Gasteiger partial charge in [-0.3, -0.25) is 9.59 Å². The van der Waals surface area contributed by atoms with E-state index in [1.54, 1.807) is 31.2 Å².